The zero-order chi connectivity index (χ0) is 17.9. The molecule has 0 rings (SSSR count). The molecule has 0 aromatic heterocycles. The van der Waals surface area contributed by atoms with Crippen LogP contribution in [-0.2, 0) is 18.6 Å². The molecule has 0 saturated heterocycles. The summed E-state index contributed by atoms with van der Waals surface area (Å²) in [5, 5.41) is 0. The van der Waals surface area contributed by atoms with Gasteiger partial charge in [-0.25, -0.2) is 0 Å². The lowest BCUT2D eigenvalue weighted by Gasteiger charge is -2.33. The normalized spacial score (nSPS) is 14.6. The van der Waals surface area contributed by atoms with E-state index in [9.17, 15) is 0 Å². The van der Waals surface area contributed by atoms with Gasteiger partial charge in [-0.05, 0) is 59.3 Å². The van der Waals surface area contributed by atoms with Crippen molar-refractivity contribution in [2.45, 2.75) is 64.9 Å². The lowest BCUT2D eigenvalue weighted by molar-refractivity contribution is 0.0283. The van der Waals surface area contributed by atoms with Crippen molar-refractivity contribution in [1.29, 1.82) is 0 Å². The van der Waals surface area contributed by atoms with Gasteiger partial charge in [0.25, 0.3) is 0 Å². The van der Waals surface area contributed by atoms with Crippen molar-refractivity contribution < 1.29 is 18.6 Å². The minimum Gasteiger partial charge on any atom is -0.502 e. The molecule has 0 radical (unpaired) electrons. The SMILES string of the molecule is CC=COCCCC(CCCOC=CC)(CCCOC=CC)O[SiH3]. The third-order valence-corrected chi connectivity index (χ3v) is 4.68. The Labute approximate surface area is 151 Å². The molecule has 0 aromatic carbocycles. The summed E-state index contributed by atoms with van der Waals surface area (Å²) in [7, 11) is 0.741. The summed E-state index contributed by atoms with van der Waals surface area (Å²) < 4.78 is 22.4. The number of hydrogen-bond donors (Lipinski definition) is 0. The molecule has 0 unspecified atom stereocenters. The first-order valence-corrected chi connectivity index (χ1v) is 9.79. The second-order valence-corrected chi connectivity index (χ2v) is 6.13. The Balaban J connectivity index is 4.37. The van der Waals surface area contributed by atoms with Crippen LogP contribution in [0, 0.1) is 0 Å². The number of rotatable bonds is 16. The van der Waals surface area contributed by atoms with Gasteiger partial charge in [-0.15, -0.1) is 0 Å². The zero-order valence-electron chi connectivity index (χ0n) is 16.0. The molecule has 0 bridgehead atoms. The maximum absolute atomic E-state index is 6.08. The van der Waals surface area contributed by atoms with Crippen molar-refractivity contribution in [2.24, 2.45) is 0 Å². The first kappa shape index (κ1) is 22.8. The summed E-state index contributed by atoms with van der Waals surface area (Å²) in [6.07, 6.45) is 17.0. The second-order valence-electron chi connectivity index (χ2n) is 5.72. The van der Waals surface area contributed by atoms with Crippen molar-refractivity contribution in [3.63, 3.8) is 0 Å². The molecule has 0 amide bonds. The van der Waals surface area contributed by atoms with E-state index < -0.39 is 0 Å². The average molecular weight is 357 g/mol. The number of hydrogen-bond acceptors (Lipinski definition) is 4. The van der Waals surface area contributed by atoms with E-state index in [1.54, 1.807) is 18.8 Å². The number of ether oxygens (including phenoxy) is 3. The Morgan fingerprint density at radius 1 is 0.667 bits per heavy atom. The quantitative estimate of drug-likeness (QED) is 0.238. The fraction of sp³-hybridized carbons (Fsp3) is 0.684. The molecule has 0 aromatic rings. The van der Waals surface area contributed by atoms with Gasteiger partial charge in [-0.1, -0.05) is 18.2 Å². The Kier molecular flexibility index (Phi) is 15.8. The van der Waals surface area contributed by atoms with E-state index in [1.807, 2.05) is 39.0 Å². The largest absolute Gasteiger partial charge is 0.502 e. The molecule has 0 heterocycles. The molecule has 0 aliphatic carbocycles. The molecule has 140 valence electrons. The van der Waals surface area contributed by atoms with Gasteiger partial charge in [-0.3, -0.25) is 0 Å². The molecule has 0 aliphatic rings. The van der Waals surface area contributed by atoms with Crippen molar-refractivity contribution in [2.75, 3.05) is 19.8 Å². The van der Waals surface area contributed by atoms with Crippen LogP contribution in [0.5, 0.6) is 0 Å². The highest BCUT2D eigenvalue weighted by molar-refractivity contribution is 5.98. The van der Waals surface area contributed by atoms with Crippen LogP contribution < -0.4 is 0 Å². The highest BCUT2D eigenvalue weighted by Gasteiger charge is 2.28. The lowest BCUT2D eigenvalue weighted by atomic mass is 9.88. The van der Waals surface area contributed by atoms with Crippen LogP contribution in [0.3, 0.4) is 0 Å². The maximum Gasteiger partial charge on any atom is 0.146 e. The smallest absolute Gasteiger partial charge is 0.146 e. The summed E-state index contributed by atoms with van der Waals surface area (Å²) in [5.41, 5.74) is -0.0654. The van der Waals surface area contributed by atoms with Crippen LogP contribution in [0.25, 0.3) is 0 Å². The molecule has 0 spiro atoms. The van der Waals surface area contributed by atoms with Gasteiger partial charge >= 0.3 is 0 Å². The van der Waals surface area contributed by atoms with E-state index in [2.05, 4.69) is 0 Å². The van der Waals surface area contributed by atoms with Gasteiger partial charge < -0.3 is 18.6 Å². The molecule has 0 atom stereocenters. The standard InChI is InChI=1S/C19H36O4Si/c1-4-13-20-16-7-10-19(23-24,11-8-17-21-14-5-2)12-9-18-22-15-6-3/h4-6,13-15H,7-12,16-18H2,1-3,24H3. The van der Waals surface area contributed by atoms with Crippen LogP contribution in [0.15, 0.2) is 37.0 Å². The number of allylic oxidation sites excluding steroid dienone is 3. The Bertz CT molecular complexity index is 303. The first-order chi connectivity index (χ1) is 11.7. The van der Waals surface area contributed by atoms with Crippen LogP contribution in [0.4, 0.5) is 0 Å². The predicted octanol–water partition coefficient (Wildman–Crippen LogP) is 4.01. The maximum atomic E-state index is 6.08. The third-order valence-electron chi connectivity index (χ3n) is 3.81. The molecule has 0 saturated carbocycles. The second kappa shape index (κ2) is 16.6. The molecule has 4 nitrogen and oxygen atoms in total. The summed E-state index contributed by atoms with van der Waals surface area (Å²) >= 11 is 0. The highest BCUT2D eigenvalue weighted by atomic mass is 28.2. The third kappa shape index (κ3) is 12.2. The Morgan fingerprint density at radius 3 is 1.25 bits per heavy atom. The minimum absolute atomic E-state index is 0.0654. The molecular formula is C19H36O4Si. The molecule has 0 fully saturated rings. The van der Waals surface area contributed by atoms with Gasteiger partial charge in [0, 0.05) is 0 Å². The van der Waals surface area contributed by atoms with Crippen LogP contribution in [0.1, 0.15) is 59.3 Å². The van der Waals surface area contributed by atoms with Gasteiger partial charge in [0.15, 0.2) is 0 Å². The molecule has 24 heavy (non-hydrogen) atoms. The van der Waals surface area contributed by atoms with Crippen molar-refractivity contribution >= 4 is 10.5 Å². The van der Waals surface area contributed by atoms with Gasteiger partial charge in [-0.2, -0.15) is 0 Å². The van der Waals surface area contributed by atoms with E-state index >= 15 is 0 Å². The van der Waals surface area contributed by atoms with Crippen LogP contribution in [-0.4, -0.2) is 35.9 Å². The molecule has 0 N–H and O–H groups in total. The fourth-order valence-corrected chi connectivity index (χ4v) is 3.22. The van der Waals surface area contributed by atoms with Crippen molar-refractivity contribution in [3.8, 4) is 0 Å². The summed E-state index contributed by atoms with van der Waals surface area (Å²) in [4.78, 5) is 0. The van der Waals surface area contributed by atoms with Crippen LogP contribution in [0.2, 0.25) is 0 Å². The Morgan fingerprint density at radius 2 is 1.00 bits per heavy atom. The molecule has 0 aliphatic heterocycles. The monoisotopic (exact) mass is 356 g/mol. The van der Waals surface area contributed by atoms with E-state index in [1.165, 1.54) is 0 Å². The predicted molar refractivity (Wildman–Crippen MR) is 104 cm³/mol. The van der Waals surface area contributed by atoms with E-state index in [4.69, 9.17) is 18.6 Å². The average Bonchev–Trinajstić information content (AvgIpc) is 2.60. The Hall–Kier alpha value is -1.20. The minimum atomic E-state index is -0.0654. The van der Waals surface area contributed by atoms with E-state index in [-0.39, 0.29) is 5.60 Å². The summed E-state index contributed by atoms with van der Waals surface area (Å²) in [6, 6.07) is 0. The van der Waals surface area contributed by atoms with Gasteiger partial charge in [0.05, 0.1) is 44.2 Å². The van der Waals surface area contributed by atoms with Crippen molar-refractivity contribution in [1.82, 2.24) is 0 Å². The molecular weight excluding hydrogens is 320 g/mol. The summed E-state index contributed by atoms with van der Waals surface area (Å²) in [5.74, 6) is 0. The lowest BCUT2D eigenvalue weighted by Crippen LogP contribution is -2.33. The van der Waals surface area contributed by atoms with E-state index in [0.717, 1.165) is 68.8 Å². The van der Waals surface area contributed by atoms with Crippen molar-refractivity contribution in [3.05, 3.63) is 37.0 Å². The van der Waals surface area contributed by atoms with Gasteiger partial charge in [0.1, 0.15) is 10.5 Å². The molecule has 5 heteroatoms. The zero-order valence-corrected chi connectivity index (χ0v) is 18.0. The van der Waals surface area contributed by atoms with Gasteiger partial charge in [0.2, 0.25) is 0 Å². The summed E-state index contributed by atoms with van der Waals surface area (Å²) in [6.45, 7) is 8.09. The topological polar surface area (TPSA) is 36.9 Å². The fourth-order valence-electron chi connectivity index (χ4n) is 2.61. The van der Waals surface area contributed by atoms with Crippen LogP contribution >= 0.6 is 0 Å². The highest BCUT2D eigenvalue weighted by Crippen LogP contribution is 2.29. The van der Waals surface area contributed by atoms with E-state index in [0.29, 0.717) is 0 Å². The first-order valence-electron chi connectivity index (χ1n) is 8.98.